The van der Waals surface area contributed by atoms with Gasteiger partial charge in [0.05, 0.1) is 19.3 Å². The van der Waals surface area contributed by atoms with Gasteiger partial charge >= 0.3 is 0 Å². The Morgan fingerprint density at radius 2 is 2.23 bits per heavy atom. The second-order valence-corrected chi connectivity index (χ2v) is 3.59. The highest BCUT2D eigenvalue weighted by Crippen LogP contribution is 2.04. The molecular weight excluding hydrogens is 238 g/mol. The number of aliphatic hydroxyl groups excluding tert-OH is 2. The highest BCUT2D eigenvalue weighted by atomic mass is 79.9. The molecule has 0 saturated carbocycles. The van der Waals surface area contributed by atoms with Crippen molar-refractivity contribution in [3.8, 4) is 0 Å². The van der Waals surface area contributed by atoms with Crippen molar-refractivity contribution in [2.75, 3.05) is 6.61 Å². The van der Waals surface area contributed by atoms with Crippen LogP contribution < -0.4 is 5.56 Å². The Hall–Kier alpha value is -0.650. The van der Waals surface area contributed by atoms with Gasteiger partial charge in [-0.1, -0.05) is 0 Å². The van der Waals surface area contributed by atoms with Gasteiger partial charge in [-0.2, -0.15) is 0 Å². The molecule has 1 aromatic rings. The van der Waals surface area contributed by atoms with Gasteiger partial charge in [-0.3, -0.25) is 4.79 Å². The van der Waals surface area contributed by atoms with Crippen LogP contribution in [0.2, 0.25) is 0 Å². The van der Waals surface area contributed by atoms with E-state index < -0.39 is 6.10 Å². The second kappa shape index (κ2) is 4.55. The Labute approximate surface area is 83.6 Å². The van der Waals surface area contributed by atoms with Crippen molar-refractivity contribution >= 4 is 15.9 Å². The fourth-order valence-corrected chi connectivity index (χ4v) is 1.31. The fourth-order valence-electron chi connectivity index (χ4n) is 0.930. The van der Waals surface area contributed by atoms with E-state index in [0.29, 0.717) is 0 Å². The van der Waals surface area contributed by atoms with Crippen LogP contribution in [0.15, 0.2) is 27.6 Å². The number of halogens is 1. The number of pyridine rings is 1. The Bertz CT molecular complexity index is 336. The van der Waals surface area contributed by atoms with Crippen molar-refractivity contribution in [3.05, 3.63) is 33.2 Å². The van der Waals surface area contributed by atoms with Crippen molar-refractivity contribution < 1.29 is 10.2 Å². The summed E-state index contributed by atoms with van der Waals surface area (Å²) in [6.45, 7) is -0.242. The van der Waals surface area contributed by atoms with E-state index in [2.05, 4.69) is 15.9 Å². The molecule has 0 radical (unpaired) electrons. The van der Waals surface area contributed by atoms with Crippen LogP contribution in [-0.2, 0) is 6.54 Å². The van der Waals surface area contributed by atoms with E-state index in [1.807, 2.05) is 0 Å². The molecule has 1 aromatic heterocycles. The third-order valence-corrected chi connectivity index (χ3v) is 2.03. The quantitative estimate of drug-likeness (QED) is 0.789. The SMILES string of the molecule is O=c1ccc(Br)cn1CC(O)CO. The standard InChI is InChI=1S/C8H10BrNO3/c9-6-1-2-8(13)10(3-6)4-7(12)5-11/h1-3,7,11-12H,4-5H2. The lowest BCUT2D eigenvalue weighted by Gasteiger charge is -2.09. The van der Waals surface area contributed by atoms with E-state index >= 15 is 0 Å². The summed E-state index contributed by atoms with van der Waals surface area (Å²) >= 11 is 3.20. The third-order valence-electron chi connectivity index (χ3n) is 1.57. The third kappa shape index (κ3) is 2.95. The maximum atomic E-state index is 11.2. The van der Waals surface area contributed by atoms with Crippen molar-refractivity contribution in [1.82, 2.24) is 4.57 Å². The van der Waals surface area contributed by atoms with Crippen LogP contribution in [0.25, 0.3) is 0 Å². The van der Waals surface area contributed by atoms with Gasteiger partial charge < -0.3 is 14.8 Å². The molecule has 4 nitrogen and oxygen atoms in total. The maximum Gasteiger partial charge on any atom is 0.250 e. The second-order valence-electron chi connectivity index (χ2n) is 2.67. The predicted octanol–water partition coefficient (Wildman–Crippen LogP) is -0.0360. The summed E-state index contributed by atoms with van der Waals surface area (Å²) in [7, 11) is 0. The van der Waals surface area contributed by atoms with Gasteiger partial charge in [0.1, 0.15) is 0 Å². The molecule has 1 unspecified atom stereocenters. The summed E-state index contributed by atoms with van der Waals surface area (Å²) in [6.07, 6.45) is 0.674. The molecule has 1 heterocycles. The average Bonchev–Trinajstić information content (AvgIpc) is 2.11. The summed E-state index contributed by atoms with van der Waals surface area (Å²) in [6, 6.07) is 3.03. The first-order chi connectivity index (χ1) is 6.13. The lowest BCUT2D eigenvalue weighted by molar-refractivity contribution is 0.0803. The molecule has 1 atom stereocenters. The van der Waals surface area contributed by atoms with Gasteiger partial charge in [-0.25, -0.2) is 0 Å². The van der Waals surface area contributed by atoms with E-state index in [9.17, 15) is 4.79 Å². The number of aliphatic hydroxyl groups is 2. The van der Waals surface area contributed by atoms with Gasteiger partial charge in [-0.15, -0.1) is 0 Å². The Kier molecular flexibility index (Phi) is 3.65. The van der Waals surface area contributed by atoms with Crippen LogP contribution in [0, 0.1) is 0 Å². The summed E-state index contributed by atoms with van der Waals surface area (Å²) in [5.41, 5.74) is -0.198. The van der Waals surface area contributed by atoms with Gasteiger partial charge in [0.2, 0.25) is 0 Å². The van der Waals surface area contributed by atoms with E-state index in [0.717, 1.165) is 4.47 Å². The number of rotatable bonds is 3. The smallest absolute Gasteiger partial charge is 0.250 e. The first-order valence-electron chi connectivity index (χ1n) is 3.78. The van der Waals surface area contributed by atoms with Crippen LogP contribution in [0.3, 0.4) is 0 Å². The number of hydrogen-bond donors (Lipinski definition) is 2. The van der Waals surface area contributed by atoms with Crippen molar-refractivity contribution in [3.63, 3.8) is 0 Å². The maximum absolute atomic E-state index is 11.2. The van der Waals surface area contributed by atoms with Crippen LogP contribution in [0.1, 0.15) is 0 Å². The summed E-state index contributed by atoms with van der Waals surface area (Å²) < 4.78 is 2.10. The van der Waals surface area contributed by atoms with Crippen LogP contribution >= 0.6 is 15.9 Å². The first-order valence-corrected chi connectivity index (χ1v) is 4.57. The molecular formula is C8H10BrNO3. The molecule has 0 aromatic carbocycles. The molecule has 13 heavy (non-hydrogen) atoms. The van der Waals surface area contributed by atoms with Gasteiger partial charge in [0, 0.05) is 16.7 Å². The minimum Gasteiger partial charge on any atom is -0.394 e. The Morgan fingerprint density at radius 3 is 2.85 bits per heavy atom. The molecule has 0 amide bonds. The molecule has 0 aliphatic carbocycles. The summed E-state index contributed by atoms with van der Waals surface area (Å²) in [5.74, 6) is 0. The van der Waals surface area contributed by atoms with E-state index in [-0.39, 0.29) is 18.7 Å². The molecule has 0 spiro atoms. The monoisotopic (exact) mass is 247 g/mol. The van der Waals surface area contributed by atoms with Gasteiger partial charge in [-0.05, 0) is 22.0 Å². The molecule has 72 valence electrons. The molecule has 0 fully saturated rings. The highest BCUT2D eigenvalue weighted by molar-refractivity contribution is 9.10. The summed E-state index contributed by atoms with van der Waals surface area (Å²) in [4.78, 5) is 11.2. The zero-order valence-electron chi connectivity index (χ0n) is 6.85. The zero-order valence-corrected chi connectivity index (χ0v) is 8.44. The summed E-state index contributed by atoms with van der Waals surface area (Å²) in [5, 5.41) is 17.7. The molecule has 5 heteroatoms. The van der Waals surface area contributed by atoms with E-state index in [1.54, 1.807) is 12.3 Å². The molecule has 1 rings (SSSR count). The number of hydrogen-bond acceptors (Lipinski definition) is 3. The minimum absolute atomic E-state index is 0.106. The Morgan fingerprint density at radius 1 is 1.54 bits per heavy atom. The van der Waals surface area contributed by atoms with Crippen LogP contribution in [0.4, 0.5) is 0 Å². The highest BCUT2D eigenvalue weighted by Gasteiger charge is 2.04. The molecule has 0 saturated heterocycles. The van der Waals surface area contributed by atoms with Gasteiger partial charge in [0.25, 0.3) is 5.56 Å². The predicted molar refractivity (Wildman–Crippen MR) is 51.5 cm³/mol. The lowest BCUT2D eigenvalue weighted by Crippen LogP contribution is -2.27. The van der Waals surface area contributed by atoms with Crippen LogP contribution in [0.5, 0.6) is 0 Å². The molecule has 0 bridgehead atoms. The Balaban J connectivity index is 2.87. The van der Waals surface area contributed by atoms with Crippen LogP contribution in [-0.4, -0.2) is 27.5 Å². The fraction of sp³-hybridized carbons (Fsp3) is 0.375. The normalized spacial score (nSPS) is 12.8. The topological polar surface area (TPSA) is 62.5 Å². The minimum atomic E-state index is -0.896. The lowest BCUT2D eigenvalue weighted by atomic mass is 10.3. The molecule has 0 aliphatic heterocycles. The van der Waals surface area contributed by atoms with Gasteiger partial charge in [0.15, 0.2) is 0 Å². The number of nitrogens with zero attached hydrogens (tertiary/aromatic N) is 1. The molecule has 2 N–H and O–H groups in total. The van der Waals surface area contributed by atoms with Crippen molar-refractivity contribution in [1.29, 1.82) is 0 Å². The molecule has 0 aliphatic rings. The van der Waals surface area contributed by atoms with E-state index in [4.69, 9.17) is 10.2 Å². The first kappa shape index (κ1) is 10.4. The number of aromatic nitrogens is 1. The van der Waals surface area contributed by atoms with Crippen molar-refractivity contribution in [2.24, 2.45) is 0 Å². The largest absolute Gasteiger partial charge is 0.394 e. The van der Waals surface area contributed by atoms with Crippen molar-refractivity contribution in [2.45, 2.75) is 12.6 Å². The zero-order chi connectivity index (χ0) is 9.84. The van der Waals surface area contributed by atoms with E-state index in [1.165, 1.54) is 10.6 Å². The average molecular weight is 248 g/mol.